The molecule has 4 aromatic rings. The van der Waals surface area contributed by atoms with Gasteiger partial charge in [0.2, 0.25) is 0 Å². The molecule has 5 rings (SSSR count). The summed E-state index contributed by atoms with van der Waals surface area (Å²) in [5.41, 5.74) is 2.75. The van der Waals surface area contributed by atoms with Crippen molar-refractivity contribution in [3.63, 3.8) is 0 Å². The predicted molar refractivity (Wildman–Crippen MR) is 109 cm³/mol. The second-order valence-corrected chi connectivity index (χ2v) is 7.76. The Kier molecular flexibility index (Phi) is 4.43. The summed E-state index contributed by atoms with van der Waals surface area (Å²) in [4.78, 5) is 4.11. The second-order valence-electron chi connectivity index (χ2n) is 7.38. The summed E-state index contributed by atoms with van der Waals surface area (Å²) in [6, 6.07) is 10.1. The van der Waals surface area contributed by atoms with Crippen molar-refractivity contribution in [1.82, 2.24) is 19.6 Å². The standard InChI is InChI=1S/C22H18ClFN4O/c1-13-10-16(6-8-25-13)29-19-5-4-15(12-18(19)24)17-7-9-28-20(11-14-2-3-14)26-27-22(28)21(17)23/h4-10,12,14H,2-3,11H2,1H3. The van der Waals surface area contributed by atoms with Gasteiger partial charge in [0, 0.05) is 36.1 Å². The third kappa shape index (κ3) is 3.56. The second kappa shape index (κ2) is 7.12. The van der Waals surface area contributed by atoms with Crippen molar-refractivity contribution in [3.05, 3.63) is 71.2 Å². The third-order valence-corrected chi connectivity index (χ3v) is 5.47. The maximum atomic E-state index is 14.7. The highest BCUT2D eigenvalue weighted by Gasteiger charge is 2.24. The number of nitrogens with zero attached hydrogens (tertiary/aromatic N) is 4. The lowest BCUT2D eigenvalue weighted by Crippen LogP contribution is -1.97. The molecule has 29 heavy (non-hydrogen) atoms. The van der Waals surface area contributed by atoms with Crippen LogP contribution in [-0.2, 0) is 6.42 Å². The van der Waals surface area contributed by atoms with Gasteiger partial charge in [-0.3, -0.25) is 9.38 Å². The van der Waals surface area contributed by atoms with Gasteiger partial charge in [-0.2, -0.15) is 0 Å². The summed E-state index contributed by atoms with van der Waals surface area (Å²) in [6.07, 6.45) is 6.92. The number of aromatic nitrogens is 4. The molecule has 1 fully saturated rings. The minimum atomic E-state index is -0.469. The van der Waals surface area contributed by atoms with Gasteiger partial charge >= 0.3 is 0 Å². The first-order valence-electron chi connectivity index (χ1n) is 9.51. The fourth-order valence-corrected chi connectivity index (χ4v) is 3.68. The van der Waals surface area contributed by atoms with E-state index >= 15 is 0 Å². The number of fused-ring (bicyclic) bond motifs is 1. The van der Waals surface area contributed by atoms with Crippen LogP contribution < -0.4 is 4.74 Å². The van der Waals surface area contributed by atoms with Crippen LogP contribution in [0.1, 0.15) is 24.4 Å². The number of hydrogen-bond acceptors (Lipinski definition) is 4. The van der Waals surface area contributed by atoms with E-state index in [0.29, 0.717) is 33.5 Å². The van der Waals surface area contributed by atoms with Crippen molar-refractivity contribution >= 4 is 17.2 Å². The third-order valence-electron chi connectivity index (χ3n) is 5.10. The van der Waals surface area contributed by atoms with Crippen molar-refractivity contribution in [1.29, 1.82) is 0 Å². The largest absolute Gasteiger partial charge is 0.454 e. The molecule has 0 atom stereocenters. The Balaban J connectivity index is 1.46. The molecule has 0 saturated heterocycles. The van der Waals surface area contributed by atoms with E-state index in [1.807, 2.05) is 23.6 Å². The molecule has 3 aromatic heterocycles. The van der Waals surface area contributed by atoms with Crippen LogP contribution in [0, 0.1) is 18.7 Å². The molecule has 0 radical (unpaired) electrons. The van der Waals surface area contributed by atoms with Gasteiger partial charge in [-0.25, -0.2) is 4.39 Å². The molecular weight excluding hydrogens is 391 g/mol. The average Bonchev–Trinajstić information content (AvgIpc) is 3.42. The number of halogens is 2. The average molecular weight is 409 g/mol. The molecular formula is C22H18ClFN4O. The lowest BCUT2D eigenvalue weighted by molar-refractivity contribution is 0.441. The number of hydrogen-bond donors (Lipinski definition) is 0. The first-order chi connectivity index (χ1) is 14.1. The number of benzene rings is 1. The van der Waals surface area contributed by atoms with Crippen molar-refractivity contribution in [2.45, 2.75) is 26.2 Å². The number of rotatable bonds is 5. The van der Waals surface area contributed by atoms with Gasteiger partial charge < -0.3 is 4.74 Å². The van der Waals surface area contributed by atoms with E-state index in [2.05, 4.69) is 15.2 Å². The van der Waals surface area contributed by atoms with E-state index in [4.69, 9.17) is 16.3 Å². The molecule has 0 amide bonds. The number of ether oxygens (including phenoxy) is 1. The Hall–Kier alpha value is -2.99. The van der Waals surface area contributed by atoms with Crippen LogP contribution in [0.5, 0.6) is 11.5 Å². The zero-order valence-electron chi connectivity index (χ0n) is 15.8. The van der Waals surface area contributed by atoms with Gasteiger partial charge in [0.1, 0.15) is 11.6 Å². The highest BCUT2D eigenvalue weighted by atomic mass is 35.5. The molecule has 1 aromatic carbocycles. The smallest absolute Gasteiger partial charge is 0.180 e. The monoisotopic (exact) mass is 408 g/mol. The van der Waals surface area contributed by atoms with Crippen LogP contribution in [0.3, 0.4) is 0 Å². The molecule has 0 spiro atoms. The lowest BCUT2D eigenvalue weighted by atomic mass is 10.1. The van der Waals surface area contributed by atoms with E-state index in [0.717, 1.165) is 17.9 Å². The summed E-state index contributed by atoms with van der Waals surface area (Å²) in [6.45, 7) is 1.85. The highest BCUT2D eigenvalue weighted by molar-refractivity contribution is 6.36. The Bertz CT molecular complexity index is 1220. The molecule has 5 nitrogen and oxygen atoms in total. The van der Waals surface area contributed by atoms with Crippen LogP contribution >= 0.6 is 11.6 Å². The zero-order valence-corrected chi connectivity index (χ0v) is 16.5. The minimum Gasteiger partial charge on any atom is -0.454 e. The summed E-state index contributed by atoms with van der Waals surface area (Å²) >= 11 is 6.60. The molecule has 1 aliphatic carbocycles. The first kappa shape index (κ1) is 18.1. The molecule has 0 unspecified atom stereocenters. The molecule has 0 aliphatic heterocycles. The molecule has 1 aliphatic rings. The Morgan fingerprint density at radius 2 is 2.03 bits per heavy atom. The van der Waals surface area contributed by atoms with E-state index in [1.54, 1.807) is 30.5 Å². The van der Waals surface area contributed by atoms with E-state index < -0.39 is 5.82 Å². The summed E-state index contributed by atoms with van der Waals surface area (Å²) in [5, 5.41) is 8.99. The van der Waals surface area contributed by atoms with E-state index in [9.17, 15) is 4.39 Å². The van der Waals surface area contributed by atoms with Gasteiger partial charge in [0.25, 0.3) is 0 Å². The van der Waals surface area contributed by atoms with Crippen LogP contribution in [0.15, 0.2) is 48.8 Å². The van der Waals surface area contributed by atoms with Crippen molar-refractivity contribution in [2.24, 2.45) is 5.92 Å². The van der Waals surface area contributed by atoms with Crippen molar-refractivity contribution in [2.75, 3.05) is 0 Å². The Morgan fingerprint density at radius 1 is 1.17 bits per heavy atom. The molecule has 1 saturated carbocycles. The topological polar surface area (TPSA) is 52.3 Å². The predicted octanol–water partition coefficient (Wildman–Crippen LogP) is 5.64. The first-order valence-corrected chi connectivity index (χ1v) is 9.89. The fourth-order valence-electron chi connectivity index (χ4n) is 3.38. The van der Waals surface area contributed by atoms with E-state index in [1.165, 1.54) is 18.9 Å². The van der Waals surface area contributed by atoms with Crippen LogP contribution in [0.2, 0.25) is 5.02 Å². The maximum absolute atomic E-state index is 14.7. The molecule has 7 heteroatoms. The summed E-state index contributed by atoms with van der Waals surface area (Å²) < 4.78 is 22.3. The minimum absolute atomic E-state index is 0.144. The van der Waals surface area contributed by atoms with Crippen LogP contribution in [0.25, 0.3) is 16.8 Å². The van der Waals surface area contributed by atoms with Crippen molar-refractivity contribution < 1.29 is 9.13 Å². The van der Waals surface area contributed by atoms with Gasteiger partial charge in [0.15, 0.2) is 17.2 Å². The SMILES string of the molecule is Cc1cc(Oc2ccc(-c3ccn4c(CC5CC5)nnc4c3Cl)cc2F)ccn1. The van der Waals surface area contributed by atoms with Gasteiger partial charge in [0.05, 0.1) is 5.02 Å². The van der Waals surface area contributed by atoms with Crippen LogP contribution in [-0.4, -0.2) is 19.6 Å². The number of aryl methyl sites for hydroxylation is 1. The van der Waals surface area contributed by atoms with Crippen molar-refractivity contribution in [3.8, 4) is 22.6 Å². The van der Waals surface area contributed by atoms with Gasteiger partial charge in [-0.1, -0.05) is 17.7 Å². The van der Waals surface area contributed by atoms with E-state index in [-0.39, 0.29) is 5.75 Å². The molecule has 0 bridgehead atoms. The quantitative estimate of drug-likeness (QED) is 0.429. The maximum Gasteiger partial charge on any atom is 0.180 e. The Labute approximate surface area is 172 Å². The van der Waals surface area contributed by atoms with Gasteiger partial charge in [-0.15, -0.1) is 10.2 Å². The zero-order chi connectivity index (χ0) is 20.0. The fraction of sp³-hybridized carbons (Fsp3) is 0.227. The lowest BCUT2D eigenvalue weighted by Gasteiger charge is -2.10. The Morgan fingerprint density at radius 3 is 2.79 bits per heavy atom. The summed E-state index contributed by atoms with van der Waals surface area (Å²) in [7, 11) is 0. The van der Waals surface area contributed by atoms with Gasteiger partial charge in [-0.05, 0) is 55.5 Å². The highest BCUT2D eigenvalue weighted by Crippen LogP contribution is 2.36. The normalized spacial score (nSPS) is 13.8. The summed E-state index contributed by atoms with van der Waals surface area (Å²) in [5.74, 6) is 1.83. The number of pyridine rings is 2. The molecule has 0 N–H and O–H groups in total. The molecule has 146 valence electrons. The molecule has 3 heterocycles. The van der Waals surface area contributed by atoms with Crippen LogP contribution in [0.4, 0.5) is 4.39 Å².